The van der Waals surface area contributed by atoms with Crippen molar-refractivity contribution >= 4 is 27.9 Å². The average Bonchev–Trinajstić information content (AvgIpc) is 2.92. The second-order valence-corrected chi connectivity index (χ2v) is 5.28. The molecule has 4 rings (SSSR count). The summed E-state index contributed by atoms with van der Waals surface area (Å²) in [5.41, 5.74) is 3.23. The number of pyridine rings is 1. The van der Waals surface area contributed by atoms with Gasteiger partial charge < -0.3 is 9.67 Å². The first-order valence-corrected chi connectivity index (χ1v) is 7.25. The number of aliphatic carboxylic acids is 1. The minimum atomic E-state index is -0.900. The third-order valence-corrected chi connectivity index (χ3v) is 3.82. The Balaban J connectivity index is 2.06. The summed E-state index contributed by atoms with van der Waals surface area (Å²) in [4.78, 5) is 20.4. The minimum absolute atomic E-state index is 0.140. The van der Waals surface area contributed by atoms with Crippen LogP contribution in [0.2, 0.25) is 0 Å². The molecule has 0 aliphatic rings. The minimum Gasteiger partial charge on any atom is -0.480 e. The SMILES string of the molecule is O=C(O)Cn1c(-c2cccc3cccnc23)nc2ccccc21. The monoisotopic (exact) mass is 303 g/mol. The Kier molecular flexibility index (Phi) is 3.05. The zero-order valence-corrected chi connectivity index (χ0v) is 12.2. The Morgan fingerprint density at radius 3 is 2.74 bits per heavy atom. The van der Waals surface area contributed by atoms with Crippen LogP contribution in [0.25, 0.3) is 33.3 Å². The van der Waals surface area contributed by atoms with Crippen LogP contribution in [0.5, 0.6) is 0 Å². The van der Waals surface area contributed by atoms with E-state index in [1.807, 2.05) is 54.6 Å². The third-order valence-electron chi connectivity index (χ3n) is 3.82. The lowest BCUT2D eigenvalue weighted by Crippen LogP contribution is -2.10. The summed E-state index contributed by atoms with van der Waals surface area (Å²) in [6, 6.07) is 17.2. The summed E-state index contributed by atoms with van der Waals surface area (Å²) in [5, 5.41) is 10.3. The zero-order valence-electron chi connectivity index (χ0n) is 12.2. The van der Waals surface area contributed by atoms with Gasteiger partial charge in [-0.05, 0) is 24.3 Å². The highest BCUT2D eigenvalue weighted by molar-refractivity contribution is 5.94. The number of rotatable bonds is 3. The van der Waals surface area contributed by atoms with Gasteiger partial charge in [0, 0.05) is 17.1 Å². The molecule has 2 aromatic carbocycles. The van der Waals surface area contributed by atoms with E-state index < -0.39 is 5.97 Å². The van der Waals surface area contributed by atoms with Crippen LogP contribution in [0.15, 0.2) is 60.8 Å². The molecule has 2 heterocycles. The van der Waals surface area contributed by atoms with Crippen molar-refractivity contribution in [2.75, 3.05) is 0 Å². The Bertz CT molecular complexity index is 1030. The van der Waals surface area contributed by atoms with Gasteiger partial charge in [-0.3, -0.25) is 9.78 Å². The second-order valence-electron chi connectivity index (χ2n) is 5.28. The maximum atomic E-state index is 11.3. The van der Waals surface area contributed by atoms with Crippen molar-refractivity contribution in [3.05, 3.63) is 60.8 Å². The molecule has 0 amide bonds. The molecule has 0 aliphatic carbocycles. The van der Waals surface area contributed by atoms with Crippen LogP contribution < -0.4 is 0 Å². The number of hydrogen-bond acceptors (Lipinski definition) is 3. The number of nitrogens with zero attached hydrogens (tertiary/aromatic N) is 3. The predicted molar refractivity (Wildman–Crippen MR) is 88.1 cm³/mol. The molecule has 0 unspecified atom stereocenters. The van der Waals surface area contributed by atoms with Gasteiger partial charge >= 0.3 is 5.97 Å². The van der Waals surface area contributed by atoms with Crippen LogP contribution in [-0.4, -0.2) is 25.6 Å². The fraction of sp³-hybridized carbons (Fsp3) is 0.0556. The largest absolute Gasteiger partial charge is 0.480 e. The summed E-state index contributed by atoms with van der Waals surface area (Å²) in [6.45, 7) is -0.140. The molecule has 0 atom stereocenters. The van der Waals surface area contributed by atoms with Gasteiger partial charge in [-0.15, -0.1) is 0 Å². The normalized spacial score (nSPS) is 11.1. The molecule has 0 fully saturated rings. The van der Waals surface area contributed by atoms with E-state index in [0.29, 0.717) is 5.82 Å². The van der Waals surface area contributed by atoms with Gasteiger partial charge in [0.1, 0.15) is 12.4 Å². The summed E-state index contributed by atoms with van der Waals surface area (Å²) in [7, 11) is 0. The first kappa shape index (κ1) is 13.5. The van der Waals surface area contributed by atoms with Gasteiger partial charge in [0.2, 0.25) is 0 Å². The molecule has 0 radical (unpaired) electrons. The number of imidazole rings is 1. The van der Waals surface area contributed by atoms with Gasteiger partial charge in [0.15, 0.2) is 0 Å². The first-order chi connectivity index (χ1) is 11.2. The lowest BCUT2D eigenvalue weighted by Gasteiger charge is -2.08. The topological polar surface area (TPSA) is 68.0 Å². The Morgan fingerprint density at radius 1 is 1.04 bits per heavy atom. The van der Waals surface area contributed by atoms with Crippen molar-refractivity contribution in [1.29, 1.82) is 0 Å². The highest BCUT2D eigenvalue weighted by atomic mass is 16.4. The Labute approximate surface area is 131 Å². The van der Waals surface area contributed by atoms with Crippen LogP contribution in [0.1, 0.15) is 0 Å². The van der Waals surface area contributed by atoms with E-state index >= 15 is 0 Å². The molecule has 5 nitrogen and oxygen atoms in total. The van der Waals surface area contributed by atoms with Crippen LogP contribution >= 0.6 is 0 Å². The molecule has 1 N–H and O–H groups in total. The number of carboxylic acids is 1. The maximum Gasteiger partial charge on any atom is 0.323 e. The summed E-state index contributed by atoms with van der Waals surface area (Å²) in [5.74, 6) is -0.277. The van der Waals surface area contributed by atoms with Crippen LogP contribution in [0.4, 0.5) is 0 Å². The van der Waals surface area contributed by atoms with Crippen molar-refractivity contribution < 1.29 is 9.90 Å². The number of aromatic nitrogens is 3. The quantitative estimate of drug-likeness (QED) is 0.630. The van der Waals surface area contributed by atoms with Crippen molar-refractivity contribution in [2.45, 2.75) is 6.54 Å². The molecule has 2 aromatic heterocycles. The third kappa shape index (κ3) is 2.23. The van der Waals surface area contributed by atoms with E-state index in [1.165, 1.54) is 0 Å². The first-order valence-electron chi connectivity index (χ1n) is 7.25. The van der Waals surface area contributed by atoms with E-state index in [0.717, 1.165) is 27.5 Å². The molecular weight excluding hydrogens is 290 g/mol. The highest BCUT2D eigenvalue weighted by Crippen LogP contribution is 2.29. The van der Waals surface area contributed by atoms with Crippen LogP contribution in [-0.2, 0) is 11.3 Å². The summed E-state index contributed by atoms with van der Waals surface area (Å²) in [6.07, 6.45) is 1.73. The lowest BCUT2D eigenvalue weighted by atomic mass is 10.1. The molecule has 0 saturated heterocycles. The number of carboxylic acid groups (broad SMARTS) is 1. The number of carbonyl (C=O) groups is 1. The number of benzene rings is 2. The molecule has 5 heteroatoms. The van der Waals surface area contributed by atoms with E-state index in [4.69, 9.17) is 0 Å². The van der Waals surface area contributed by atoms with Crippen molar-refractivity contribution in [2.24, 2.45) is 0 Å². The lowest BCUT2D eigenvalue weighted by molar-refractivity contribution is -0.137. The van der Waals surface area contributed by atoms with Gasteiger partial charge in [0.05, 0.1) is 16.6 Å². The molecule has 23 heavy (non-hydrogen) atoms. The standard InChI is InChI=1S/C18H13N3O2/c22-16(23)11-21-15-9-2-1-8-14(15)20-18(21)13-7-3-5-12-6-4-10-19-17(12)13/h1-10H,11H2,(H,22,23). The average molecular weight is 303 g/mol. The molecule has 0 saturated carbocycles. The highest BCUT2D eigenvalue weighted by Gasteiger charge is 2.16. The maximum absolute atomic E-state index is 11.3. The molecular formula is C18H13N3O2. The fourth-order valence-electron chi connectivity index (χ4n) is 2.86. The van der Waals surface area contributed by atoms with E-state index in [1.54, 1.807) is 10.8 Å². The zero-order chi connectivity index (χ0) is 15.8. The van der Waals surface area contributed by atoms with Crippen LogP contribution in [0, 0.1) is 0 Å². The van der Waals surface area contributed by atoms with Crippen molar-refractivity contribution in [3.8, 4) is 11.4 Å². The smallest absolute Gasteiger partial charge is 0.323 e. The molecule has 0 bridgehead atoms. The molecule has 4 aromatic rings. The Hall–Kier alpha value is -3.21. The molecule has 0 aliphatic heterocycles. The predicted octanol–water partition coefficient (Wildman–Crippen LogP) is 3.34. The van der Waals surface area contributed by atoms with Gasteiger partial charge in [-0.25, -0.2) is 4.98 Å². The van der Waals surface area contributed by atoms with E-state index in [2.05, 4.69) is 9.97 Å². The van der Waals surface area contributed by atoms with Crippen LogP contribution in [0.3, 0.4) is 0 Å². The number of para-hydroxylation sites is 3. The van der Waals surface area contributed by atoms with Crippen molar-refractivity contribution in [1.82, 2.24) is 14.5 Å². The van der Waals surface area contributed by atoms with E-state index in [9.17, 15) is 9.90 Å². The van der Waals surface area contributed by atoms with E-state index in [-0.39, 0.29) is 6.54 Å². The van der Waals surface area contributed by atoms with Gasteiger partial charge in [-0.2, -0.15) is 0 Å². The van der Waals surface area contributed by atoms with Crippen molar-refractivity contribution in [3.63, 3.8) is 0 Å². The molecule has 112 valence electrons. The summed E-state index contributed by atoms with van der Waals surface area (Å²) < 4.78 is 1.72. The fourth-order valence-corrected chi connectivity index (χ4v) is 2.86. The molecule has 0 spiro atoms. The Morgan fingerprint density at radius 2 is 1.87 bits per heavy atom. The second kappa shape index (κ2) is 5.21. The number of hydrogen-bond donors (Lipinski definition) is 1. The van der Waals surface area contributed by atoms with Gasteiger partial charge in [0.25, 0.3) is 0 Å². The number of fused-ring (bicyclic) bond motifs is 2. The van der Waals surface area contributed by atoms with Gasteiger partial charge in [-0.1, -0.05) is 30.3 Å². The summed E-state index contributed by atoms with van der Waals surface area (Å²) >= 11 is 0.